The molecule has 0 atom stereocenters. The smallest absolute Gasteiger partial charge is 0.192 e. The minimum absolute atomic E-state index is 0.258. The average molecular weight is 177 g/mol. The minimum atomic E-state index is 0.258. The molecule has 0 aliphatic carbocycles. The van der Waals surface area contributed by atoms with E-state index in [1.165, 1.54) is 17.5 Å². The Morgan fingerprint density at radius 3 is 2.50 bits per heavy atom. The molecule has 1 aromatic heterocycles. The molecule has 1 heterocycles. The highest BCUT2D eigenvalue weighted by atomic mass is 32.1. The summed E-state index contributed by atoms with van der Waals surface area (Å²) < 4.78 is 0. The van der Waals surface area contributed by atoms with Crippen molar-refractivity contribution in [3.05, 3.63) is 36.5 Å². The summed E-state index contributed by atoms with van der Waals surface area (Å²) in [5.74, 6) is 0. The second-order valence-electron chi connectivity index (χ2n) is 2.37. The van der Waals surface area contributed by atoms with Crippen LogP contribution in [0.5, 0.6) is 5.06 Å². The molecular weight excluding hydrogens is 170 g/mol. The lowest BCUT2D eigenvalue weighted by Crippen LogP contribution is -1.71. The lowest BCUT2D eigenvalue weighted by atomic mass is 10.2. The van der Waals surface area contributed by atoms with E-state index >= 15 is 0 Å². The highest BCUT2D eigenvalue weighted by Crippen LogP contribution is 2.28. The Balaban J connectivity index is 2.45. The van der Waals surface area contributed by atoms with Crippen molar-refractivity contribution in [3.63, 3.8) is 0 Å². The summed E-state index contributed by atoms with van der Waals surface area (Å²) in [4.78, 5) is 4.05. The van der Waals surface area contributed by atoms with Crippen LogP contribution in [0.2, 0.25) is 0 Å². The van der Waals surface area contributed by atoms with E-state index in [-0.39, 0.29) is 5.06 Å². The first-order chi connectivity index (χ1) is 5.86. The Morgan fingerprint density at radius 1 is 1.17 bits per heavy atom. The van der Waals surface area contributed by atoms with Gasteiger partial charge in [0.25, 0.3) is 0 Å². The van der Waals surface area contributed by atoms with Crippen LogP contribution in [-0.2, 0) is 0 Å². The molecule has 60 valence electrons. The number of nitrogens with zero attached hydrogens (tertiary/aromatic N) is 1. The van der Waals surface area contributed by atoms with Gasteiger partial charge >= 0.3 is 0 Å². The number of hydrogen-bond donors (Lipinski definition) is 1. The largest absolute Gasteiger partial charge is 0.498 e. The first kappa shape index (κ1) is 7.31. The van der Waals surface area contributed by atoms with Gasteiger partial charge in [0.1, 0.15) is 5.01 Å². The maximum Gasteiger partial charge on any atom is 0.192 e. The molecule has 1 N–H and O–H groups in total. The molecular formula is C9H7NOS. The van der Waals surface area contributed by atoms with Crippen molar-refractivity contribution in [1.29, 1.82) is 0 Å². The summed E-state index contributed by atoms with van der Waals surface area (Å²) in [6.07, 6.45) is 1.47. The van der Waals surface area contributed by atoms with Crippen LogP contribution >= 0.6 is 11.3 Å². The van der Waals surface area contributed by atoms with Crippen LogP contribution in [-0.4, -0.2) is 10.1 Å². The van der Waals surface area contributed by atoms with E-state index < -0.39 is 0 Å². The fourth-order valence-electron chi connectivity index (χ4n) is 0.980. The lowest BCUT2D eigenvalue weighted by Gasteiger charge is -1.91. The molecule has 0 aliphatic heterocycles. The van der Waals surface area contributed by atoms with Gasteiger partial charge < -0.3 is 5.11 Å². The van der Waals surface area contributed by atoms with E-state index in [1.807, 2.05) is 30.3 Å². The Morgan fingerprint density at radius 2 is 1.92 bits per heavy atom. The zero-order chi connectivity index (χ0) is 8.39. The van der Waals surface area contributed by atoms with Gasteiger partial charge in [0.05, 0.1) is 6.20 Å². The van der Waals surface area contributed by atoms with Crippen molar-refractivity contribution in [1.82, 2.24) is 4.98 Å². The second kappa shape index (κ2) is 2.95. The van der Waals surface area contributed by atoms with Crippen LogP contribution < -0.4 is 0 Å². The van der Waals surface area contributed by atoms with E-state index in [9.17, 15) is 0 Å². The van der Waals surface area contributed by atoms with Gasteiger partial charge in [0.15, 0.2) is 5.06 Å². The fourth-order valence-corrected chi connectivity index (χ4v) is 1.64. The number of aromatic nitrogens is 1. The first-order valence-corrected chi connectivity index (χ1v) is 4.38. The standard InChI is InChI=1S/C9H7NOS/c11-8-6-10-9(12-8)7-4-2-1-3-5-7/h1-6,11H. The summed E-state index contributed by atoms with van der Waals surface area (Å²) in [6, 6.07) is 9.80. The molecule has 0 amide bonds. The number of hydrogen-bond acceptors (Lipinski definition) is 3. The minimum Gasteiger partial charge on any atom is -0.498 e. The predicted octanol–water partition coefficient (Wildman–Crippen LogP) is 2.52. The average Bonchev–Trinajstić information content (AvgIpc) is 2.54. The van der Waals surface area contributed by atoms with Crippen molar-refractivity contribution in [3.8, 4) is 15.6 Å². The third-order valence-corrected chi connectivity index (χ3v) is 2.36. The van der Waals surface area contributed by atoms with Crippen LogP contribution in [0.15, 0.2) is 36.5 Å². The van der Waals surface area contributed by atoms with Crippen molar-refractivity contribution >= 4 is 11.3 Å². The van der Waals surface area contributed by atoms with Gasteiger partial charge in [0, 0.05) is 5.56 Å². The van der Waals surface area contributed by atoms with Gasteiger partial charge in [-0.05, 0) is 0 Å². The molecule has 2 nitrogen and oxygen atoms in total. The number of benzene rings is 1. The highest BCUT2D eigenvalue weighted by Gasteiger charge is 2.01. The molecule has 0 spiro atoms. The summed E-state index contributed by atoms with van der Waals surface area (Å²) in [5, 5.41) is 10.2. The lowest BCUT2D eigenvalue weighted by molar-refractivity contribution is 0.489. The molecule has 0 saturated heterocycles. The van der Waals surface area contributed by atoms with E-state index in [0.29, 0.717) is 0 Å². The molecule has 2 aromatic rings. The molecule has 0 fully saturated rings. The van der Waals surface area contributed by atoms with Crippen LogP contribution in [0.3, 0.4) is 0 Å². The summed E-state index contributed by atoms with van der Waals surface area (Å²) in [7, 11) is 0. The van der Waals surface area contributed by atoms with Gasteiger partial charge in [-0.3, -0.25) is 0 Å². The van der Waals surface area contributed by atoms with Gasteiger partial charge in [-0.15, -0.1) is 0 Å². The van der Waals surface area contributed by atoms with E-state index in [0.717, 1.165) is 10.6 Å². The van der Waals surface area contributed by atoms with Crippen molar-refractivity contribution < 1.29 is 5.11 Å². The zero-order valence-corrected chi connectivity index (χ0v) is 7.08. The van der Waals surface area contributed by atoms with Gasteiger partial charge in [-0.2, -0.15) is 0 Å². The SMILES string of the molecule is Oc1cnc(-c2ccccc2)s1. The molecule has 2 rings (SSSR count). The fraction of sp³-hybridized carbons (Fsp3) is 0. The second-order valence-corrected chi connectivity index (χ2v) is 3.38. The van der Waals surface area contributed by atoms with Gasteiger partial charge in [0.2, 0.25) is 0 Å². The van der Waals surface area contributed by atoms with E-state index in [1.54, 1.807) is 0 Å². The summed E-state index contributed by atoms with van der Waals surface area (Å²) >= 11 is 1.29. The topological polar surface area (TPSA) is 33.1 Å². The summed E-state index contributed by atoms with van der Waals surface area (Å²) in [6.45, 7) is 0. The zero-order valence-electron chi connectivity index (χ0n) is 6.27. The van der Waals surface area contributed by atoms with Gasteiger partial charge in [-0.25, -0.2) is 4.98 Å². The monoisotopic (exact) mass is 177 g/mol. The van der Waals surface area contributed by atoms with E-state index in [4.69, 9.17) is 5.11 Å². The predicted molar refractivity (Wildman–Crippen MR) is 49.2 cm³/mol. The normalized spacial score (nSPS) is 10.0. The van der Waals surface area contributed by atoms with Crippen molar-refractivity contribution in [2.75, 3.05) is 0 Å². The van der Waals surface area contributed by atoms with Crippen LogP contribution in [0.1, 0.15) is 0 Å². The quantitative estimate of drug-likeness (QED) is 0.726. The van der Waals surface area contributed by atoms with E-state index in [2.05, 4.69) is 4.98 Å². The third kappa shape index (κ3) is 1.31. The number of thiazole rings is 1. The maximum atomic E-state index is 9.07. The Labute approximate surface area is 74.1 Å². The Kier molecular flexibility index (Phi) is 1.80. The molecule has 1 aromatic carbocycles. The Hall–Kier alpha value is -1.35. The Bertz CT molecular complexity index is 369. The molecule has 0 radical (unpaired) electrons. The van der Waals surface area contributed by atoms with Crippen molar-refractivity contribution in [2.45, 2.75) is 0 Å². The molecule has 0 aliphatic rings. The highest BCUT2D eigenvalue weighted by molar-refractivity contribution is 7.16. The molecule has 3 heteroatoms. The molecule has 12 heavy (non-hydrogen) atoms. The van der Waals surface area contributed by atoms with Crippen LogP contribution in [0, 0.1) is 0 Å². The summed E-state index contributed by atoms with van der Waals surface area (Å²) in [5.41, 5.74) is 1.04. The third-order valence-electron chi connectivity index (χ3n) is 1.51. The van der Waals surface area contributed by atoms with Gasteiger partial charge in [-0.1, -0.05) is 41.7 Å². The molecule has 0 unspecified atom stereocenters. The van der Waals surface area contributed by atoms with Crippen molar-refractivity contribution in [2.24, 2.45) is 0 Å². The number of aromatic hydroxyl groups is 1. The first-order valence-electron chi connectivity index (χ1n) is 3.56. The van der Waals surface area contributed by atoms with Crippen LogP contribution in [0.4, 0.5) is 0 Å². The molecule has 0 saturated carbocycles. The maximum absolute atomic E-state index is 9.07. The number of rotatable bonds is 1. The van der Waals surface area contributed by atoms with Crippen LogP contribution in [0.25, 0.3) is 10.6 Å². The molecule has 0 bridgehead atoms.